The molecule has 0 rings (SSSR count). The van der Waals surface area contributed by atoms with Crippen molar-refractivity contribution in [2.24, 2.45) is 0 Å². The van der Waals surface area contributed by atoms with Crippen molar-refractivity contribution >= 4 is 11.9 Å². The van der Waals surface area contributed by atoms with Crippen molar-refractivity contribution in [1.29, 1.82) is 0 Å². The van der Waals surface area contributed by atoms with Crippen LogP contribution < -0.4 is 5.32 Å². The Hall–Kier alpha value is -1.66. The third-order valence-corrected chi connectivity index (χ3v) is 14.3. The van der Waals surface area contributed by atoms with Crippen LogP contribution in [0.15, 0.2) is 24.3 Å². The Morgan fingerprint density at radius 2 is 0.735 bits per heavy atom. The Balaban J connectivity index is 3.45. The van der Waals surface area contributed by atoms with E-state index in [1.165, 1.54) is 257 Å². The van der Waals surface area contributed by atoms with Crippen LogP contribution in [-0.4, -0.2) is 47.4 Å². The second-order valence-corrected chi connectivity index (χ2v) is 21.0. The van der Waals surface area contributed by atoms with E-state index in [0.717, 1.165) is 44.9 Å². The lowest BCUT2D eigenvalue weighted by Crippen LogP contribution is -2.45. The first kappa shape index (κ1) is 66.3. The van der Waals surface area contributed by atoms with Crippen LogP contribution in [0.4, 0.5) is 0 Å². The summed E-state index contributed by atoms with van der Waals surface area (Å²) in [5.41, 5.74) is 0. The molecule has 0 aliphatic heterocycles. The van der Waals surface area contributed by atoms with Crippen LogP contribution in [0.2, 0.25) is 0 Å². The van der Waals surface area contributed by atoms with E-state index in [9.17, 15) is 19.8 Å². The average molecular weight is 959 g/mol. The molecule has 0 saturated carbocycles. The van der Waals surface area contributed by atoms with Gasteiger partial charge in [0.1, 0.15) is 0 Å². The second-order valence-electron chi connectivity index (χ2n) is 21.0. The standard InChI is InChI=1S/C62H119NO5/c1-3-5-7-9-11-13-15-16-17-25-28-31-35-38-42-46-50-54-60(65)59(58-64)63-61(66)55-51-47-43-39-36-32-29-26-23-21-19-18-20-22-24-27-30-33-37-41-45-49-53-57-68-62(67)56-52-48-44-40-34-14-12-10-8-6-4-2/h18,20-21,23,59-60,64-65H,3-17,19,22,24-58H2,1-2H3,(H,63,66)/b20-18-,23-21-. The first-order chi connectivity index (χ1) is 33.5. The Kier molecular flexibility index (Phi) is 56.5. The summed E-state index contributed by atoms with van der Waals surface area (Å²) in [4.78, 5) is 24.5. The topological polar surface area (TPSA) is 95.9 Å². The summed E-state index contributed by atoms with van der Waals surface area (Å²) >= 11 is 0. The van der Waals surface area contributed by atoms with Crippen molar-refractivity contribution < 1.29 is 24.5 Å². The van der Waals surface area contributed by atoms with Gasteiger partial charge in [-0.1, -0.05) is 289 Å². The number of hydrogen-bond donors (Lipinski definition) is 3. The molecule has 0 saturated heterocycles. The zero-order valence-corrected chi connectivity index (χ0v) is 45.9. The molecule has 0 spiro atoms. The number of carbonyl (C=O) groups is 2. The maximum Gasteiger partial charge on any atom is 0.305 e. The Bertz CT molecular complexity index is 1060. The molecule has 0 heterocycles. The molecule has 68 heavy (non-hydrogen) atoms. The van der Waals surface area contributed by atoms with Crippen molar-refractivity contribution in [2.75, 3.05) is 13.2 Å². The zero-order chi connectivity index (χ0) is 49.3. The van der Waals surface area contributed by atoms with Crippen LogP contribution in [0.3, 0.4) is 0 Å². The van der Waals surface area contributed by atoms with Crippen LogP contribution in [0.5, 0.6) is 0 Å². The van der Waals surface area contributed by atoms with E-state index in [0.29, 0.717) is 25.9 Å². The highest BCUT2D eigenvalue weighted by Crippen LogP contribution is 2.17. The number of hydrogen-bond acceptors (Lipinski definition) is 5. The van der Waals surface area contributed by atoms with Gasteiger partial charge >= 0.3 is 5.97 Å². The largest absolute Gasteiger partial charge is 0.466 e. The van der Waals surface area contributed by atoms with Crippen LogP contribution >= 0.6 is 0 Å². The van der Waals surface area contributed by atoms with Crippen molar-refractivity contribution in [3.05, 3.63) is 24.3 Å². The number of aliphatic hydroxyl groups excluding tert-OH is 2. The summed E-state index contributed by atoms with van der Waals surface area (Å²) in [6.07, 6.45) is 70.4. The SMILES string of the molecule is CCCCCCCCCCCCCCCCCCCC(O)C(CO)NC(=O)CCCCCCCCC/C=C\C/C=C\CCCCCCCCCCCOC(=O)CCCCCCCCCCCCC. The van der Waals surface area contributed by atoms with Crippen LogP contribution in [-0.2, 0) is 14.3 Å². The minimum Gasteiger partial charge on any atom is -0.466 e. The highest BCUT2D eigenvalue weighted by atomic mass is 16.5. The molecular formula is C62H119NO5. The molecule has 0 aromatic carbocycles. The Morgan fingerprint density at radius 1 is 0.412 bits per heavy atom. The molecule has 0 aromatic heterocycles. The molecule has 2 unspecified atom stereocenters. The van der Waals surface area contributed by atoms with E-state index < -0.39 is 12.1 Å². The van der Waals surface area contributed by atoms with Crippen LogP contribution in [0, 0.1) is 0 Å². The van der Waals surface area contributed by atoms with Gasteiger partial charge in [0.25, 0.3) is 0 Å². The molecular weight excluding hydrogens is 839 g/mol. The minimum absolute atomic E-state index is 0.00705. The third kappa shape index (κ3) is 53.7. The van der Waals surface area contributed by atoms with E-state index in [2.05, 4.69) is 43.5 Å². The van der Waals surface area contributed by atoms with Gasteiger partial charge in [-0.3, -0.25) is 9.59 Å². The molecule has 0 aliphatic carbocycles. The maximum atomic E-state index is 12.5. The van der Waals surface area contributed by atoms with Crippen molar-refractivity contribution in [1.82, 2.24) is 5.32 Å². The summed E-state index contributed by atoms with van der Waals surface area (Å²) in [6, 6.07) is -0.549. The minimum atomic E-state index is -0.671. The maximum absolute atomic E-state index is 12.5. The Labute approximate surface area is 424 Å². The normalized spacial score (nSPS) is 12.7. The van der Waals surface area contributed by atoms with Crippen LogP contribution in [0.1, 0.15) is 335 Å². The lowest BCUT2D eigenvalue weighted by molar-refractivity contribution is -0.143. The first-order valence-corrected chi connectivity index (χ1v) is 30.6. The van der Waals surface area contributed by atoms with E-state index >= 15 is 0 Å². The highest BCUT2D eigenvalue weighted by molar-refractivity contribution is 5.76. The fourth-order valence-electron chi connectivity index (χ4n) is 9.55. The number of allylic oxidation sites excluding steroid dienone is 4. The number of esters is 1. The molecule has 0 aliphatic rings. The fourth-order valence-corrected chi connectivity index (χ4v) is 9.55. The van der Waals surface area contributed by atoms with Gasteiger partial charge in [-0.15, -0.1) is 0 Å². The summed E-state index contributed by atoms with van der Waals surface area (Å²) in [5.74, 6) is -0.0360. The molecule has 2 atom stereocenters. The molecule has 0 fully saturated rings. The highest BCUT2D eigenvalue weighted by Gasteiger charge is 2.20. The molecule has 6 nitrogen and oxygen atoms in total. The molecule has 3 N–H and O–H groups in total. The van der Waals surface area contributed by atoms with E-state index in [1.807, 2.05) is 0 Å². The molecule has 6 heteroatoms. The third-order valence-electron chi connectivity index (χ3n) is 14.3. The molecule has 0 bridgehead atoms. The van der Waals surface area contributed by atoms with Crippen molar-refractivity contribution in [3.63, 3.8) is 0 Å². The summed E-state index contributed by atoms with van der Waals surface area (Å²) in [5, 5.41) is 23.3. The lowest BCUT2D eigenvalue weighted by Gasteiger charge is -2.22. The number of ether oxygens (including phenoxy) is 1. The number of nitrogens with one attached hydrogen (secondary N) is 1. The average Bonchev–Trinajstić information content (AvgIpc) is 3.34. The van der Waals surface area contributed by atoms with Gasteiger partial charge in [-0.05, 0) is 57.8 Å². The van der Waals surface area contributed by atoms with Gasteiger partial charge in [0, 0.05) is 12.8 Å². The zero-order valence-electron chi connectivity index (χ0n) is 45.9. The van der Waals surface area contributed by atoms with Gasteiger partial charge in [-0.25, -0.2) is 0 Å². The Morgan fingerprint density at radius 3 is 1.12 bits per heavy atom. The predicted octanol–water partition coefficient (Wildman–Crippen LogP) is 19.0. The monoisotopic (exact) mass is 958 g/mol. The smallest absolute Gasteiger partial charge is 0.305 e. The second kappa shape index (κ2) is 57.9. The van der Waals surface area contributed by atoms with E-state index in [-0.39, 0.29) is 18.5 Å². The van der Waals surface area contributed by atoms with E-state index in [4.69, 9.17) is 4.74 Å². The lowest BCUT2D eigenvalue weighted by atomic mass is 10.0. The summed E-state index contributed by atoms with van der Waals surface area (Å²) in [6.45, 7) is 4.96. The van der Waals surface area contributed by atoms with E-state index in [1.54, 1.807) is 0 Å². The van der Waals surface area contributed by atoms with Gasteiger partial charge < -0.3 is 20.3 Å². The first-order valence-electron chi connectivity index (χ1n) is 30.6. The number of unbranched alkanes of at least 4 members (excludes halogenated alkanes) is 42. The van der Waals surface area contributed by atoms with Crippen molar-refractivity contribution in [3.8, 4) is 0 Å². The number of carbonyl (C=O) groups excluding carboxylic acids is 2. The predicted molar refractivity (Wildman–Crippen MR) is 296 cm³/mol. The molecule has 0 radical (unpaired) electrons. The van der Waals surface area contributed by atoms with Gasteiger partial charge in [0.15, 0.2) is 0 Å². The van der Waals surface area contributed by atoms with Crippen molar-refractivity contribution in [2.45, 2.75) is 347 Å². The summed E-state index contributed by atoms with van der Waals surface area (Å²) in [7, 11) is 0. The molecule has 1 amide bonds. The molecule has 0 aromatic rings. The fraction of sp³-hybridized carbons (Fsp3) is 0.903. The molecule has 402 valence electrons. The van der Waals surface area contributed by atoms with Gasteiger partial charge in [-0.2, -0.15) is 0 Å². The summed E-state index contributed by atoms with van der Waals surface area (Å²) < 4.78 is 5.46. The van der Waals surface area contributed by atoms with Gasteiger partial charge in [0.05, 0.1) is 25.4 Å². The number of rotatable bonds is 57. The number of amides is 1. The number of aliphatic hydroxyl groups is 2. The van der Waals surface area contributed by atoms with Crippen LogP contribution in [0.25, 0.3) is 0 Å². The quantitative estimate of drug-likeness (QED) is 0.0321. The van der Waals surface area contributed by atoms with Gasteiger partial charge in [0.2, 0.25) is 5.91 Å².